The van der Waals surface area contributed by atoms with Crippen molar-refractivity contribution in [2.45, 2.75) is 18.4 Å². The molecule has 0 bridgehead atoms. The minimum atomic E-state index is -3.79. The Morgan fingerprint density at radius 3 is 2.71 bits per heavy atom. The molecule has 0 aliphatic carbocycles. The van der Waals surface area contributed by atoms with Gasteiger partial charge in [0.05, 0.1) is 10.5 Å². The van der Waals surface area contributed by atoms with Crippen molar-refractivity contribution >= 4 is 16.0 Å². The SMILES string of the molecule is Cc1ccc(C(=O)O)cc1S(=O)(=O)NCc1cccnc1. The van der Waals surface area contributed by atoms with Crippen molar-refractivity contribution in [3.8, 4) is 0 Å². The van der Waals surface area contributed by atoms with E-state index in [0.29, 0.717) is 11.1 Å². The molecule has 1 aromatic carbocycles. The molecular weight excluding hydrogens is 292 g/mol. The smallest absolute Gasteiger partial charge is 0.335 e. The van der Waals surface area contributed by atoms with Gasteiger partial charge >= 0.3 is 5.97 Å². The average Bonchev–Trinajstić information content (AvgIpc) is 2.46. The summed E-state index contributed by atoms with van der Waals surface area (Å²) in [5.74, 6) is -1.17. The van der Waals surface area contributed by atoms with Crippen molar-refractivity contribution in [2.75, 3.05) is 0 Å². The van der Waals surface area contributed by atoms with Crippen LogP contribution in [-0.4, -0.2) is 24.5 Å². The highest BCUT2D eigenvalue weighted by molar-refractivity contribution is 7.89. The lowest BCUT2D eigenvalue weighted by atomic mass is 10.1. The number of rotatable bonds is 5. The molecule has 0 aliphatic rings. The molecule has 1 heterocycles. The van der Waals surface area contributed by atoms with E-state index < -0.39 is 16.0 Å². The van der Waals surface area contributed by atoms with Crippen LogP contribution in [-0.2, 0) is 16.6 Å². The highest BCUT2D eigenvalue weighted by atomic mass is 32.2. The number of nitrogens with zero attached hydrogens (tertiary/aromatic N) is 1. The second-order valence-electron chi connectivity index (χ2n) is 4.47. The normalized spacial score (nSPS) is 11.3. The molecule has 110 valence electrons. The van der Waals surface area contributed by atoms with E-state index in [9.17, 15) is 13.2 Å². The predicted octanol–water partition coefficient (Wildman–Crippen LogP) is 1.57. The van der Waals surface area contributed by atoms with Gasteiger partial charge in [-0.3, -0.25) is 4.98 Å². The van der Waals surface area contributed by atoms with Crippen molar-refractivity contribution < 1.29 is 18.3 Å². The Labute approximate surface area is 122 Å². The Balaban J connectivity index is 2.27. The van der Waals surface area contributed by atoms with E-state index in [-0.39, 0.29) is 17.0 Å². The number of carboxylic acid groups (broad SMARTS) is 1. The average molecular weight is 306 g/mol. The number of hydrogen-bond acceptors (Lipinski definition) is 4. The topological polar surface area (TPSA) is 96.4 Å². The van der Waals surface area contributed by atoms with Crippen LogP contribution in [0.3, 0.4) is 0 Å². The number of benzene rings is 1. The quantitative estimate of drug-likeness (QED) is 0.874. The van der Waals surface area contributed by atoms with E-state index >= 15 is 0 Å². The number of aromatic carboxylic acids is 1. The van der Waals surface area contributed by atoms with Crippen LogP contribution in [0.15, 0.2) is 47.6 Å². The van der Waals surface area contributed by atoms with Gasteiger partial charge in [-0.05, 0) is 36.2 Å². The first kappa shape index (κ1) is 15.1. The fraction of sp³-hybridized carbons (Fsp3) is 0.143. The van der Waals surface area contributed by atoms with Crippen LogP contribution in [0.5, 0.6) is 0 Å². The monoisotopic (exact) mass is 306 g/mol. The Hall–Kier alpha value is -2.25. The minimum absolute atomic E-state index is 0.0358. The zero-order chi connectivity index (χ0) is 15.5. The molecule has 2 aromatic rings. The van der Waals surface area contributed by atoms with Crippen LogP contribution in [0.1, 0.15) is 21.5 Å². The summed E-state index contributed by atoms with van der Waals surface area (Å²) in [5.41, 5.74) is 1.13. The second kappa shape index (κ2) is 6.02. The molecule has 1 aromatic heterocycles. The number of carbonyl (C=O) groups is 1. The van der Waals surface area contributed by atoms with Gasteiger partial charge in [0.15, 0.2) is 0 Å². The van der Waals surface area contributed by atoms with Crippen molar-refractivity contribution in [2.24, 2.45) is 0 Å². The molecule has 6 nitrogen and oxygen atoms in total. The third-order valence-electron chi connectivity index (χ3n) is 2.91. The fourth-order valence-electron chi connectivity index (χ4n) is 1.78. The molecule has 21 heavy (non-hydrogen) atoms. The molecule has 2 N–H and O–H groups in total. The van der Waals surface area contributed by atoms with E-state index in [0.717, 1.165) is 6.07 Å². The maximum Gasteiger partial charge on any atom is 0.335 e. The van der Waals surface area contributed by atoms with Crippen molar-refractivity contribution in [1.29, 1.82) is 0 Å². The Bertz CT molecular complexity index is 758. The van der Waals surface area contributed by atoms with E-state index in [1.54, 1.807) is 31.5 Å². The van der Waals surface area contributed by atoms with Crippen LogP contribution in [0, 0.1) is 6.92 Å². The Morgan fingerprint density at radius 1 is 1.33 bits per heavy atom. The number of aromatic nitrogens is 1. The minimum Gasteiger partial charge on any atom is -0.478 e. The largest absolute Gasteiger partial charge is 0.478 e. The molecule has 0 amide bonds. The van der Waals surface area contributed by atoms with Gasteiger partial charge in [0.1, 0.15) is 0 Å². The Morgan fingerprint density at radius 2 is 2.10 bits per heavy atom. The molecule has 0 saturated heterocycles. The second-order valence-corrected chi connectivity index (χ2v) is 6.21. The standard InChI is InChI=1S/C14H14N2O4S/c1-10-4-5-12(14(17)18)7-13(10)21(19,20)16-9-11-3-2-6-15-8-11/h2-8,16H,9H2,1H3,(H,17,18). The lowest BCUT2D eigenvalue weighted by Gasteiger charge is -2.10. The van der Waals surface area contributed by atoms with Crippen LogP contribution in [0.4, 0.5) is 0 Å². The zero-order valence-corrected chi connectivity index (χ0v) is 12.1. The van der Waals surface area contributed by atoms with Gasteiger partial charge in [0, 0.05) is 18.9 Å². The first-order valence-electron chi connectivity index (χ1n) is 6.12. The summed E-state index contributed by atoms with van der Waals surface area (Å²) in [6.45, 7) is 1.71. The van der Waals surface area contributed by atoms with Crippen molar-refractivity contribution in [3.63, 3.8) is 0 Å². The van der Waals surface area contributed by atoms with Gasteiger partial charge in [-0.15, -0.1) is 0 Å². The fourth-order valence-corrected chi connectivity index (χ4v) is 3.07. The Kier molecular flexibility index (Phi) is 4.35. The number of carboxylic acids is 1. The number of hydrogen-bond donors (Lipinski definition) is 2. The molecule has 0 atom stereocenters. The van der Waals surface area contributed by atoms with Crippen molar-refractivity contribution in [3.05, 3.63) is 59.4 Å². The third kappa shape index (κ3) is 3.65. The highest BCUT2D eigenvalue weighted by Gasteiger charge is 2.18. The van der Waals surface area contributed by atoms with Crippen LogP contribution in [0.25, 0.3) is 0 Å². The summed E-state index contributed by atoms with van der Waals surface area (Å²) >= 11 is 0. The first-order valence-corrected chi connectivity index (χ1v) is 7.61. The summed E-state index contributed by atoms with van der Waals surface area (Å²) in [4.78, 5) is 14.8. The van der Waals surface area contributed by atoms with Crippen molar-refractivity contribution in [1.82, 2.24) is 9.71 Å². The summed E-state index contributed by atoms with van der Waals surface area (Å²) in [6, 6.07) is 7.46. The predicted molar refractivity (Wildman–Crippen MR) is 76.4 cm³/mol. The van der Waals surface area contributed by atoms with Gasteiger partial charge < -0.3 is 5.11 Å². The molecular formula is C14H14N2O4S. The lowest BCUT2D eigenvalue weighted by Crippen LogP contribution is -2.24. The number of sulfonamides is 1. The zero-order valence-electron chi connectivity index (χ0n) is 11.3. The van der Waals surface area contributed by atoms with Crippen LogP contribution in [0.2, 0.25) is 0 Å². The summed E-state index contributed by atoms with van der Waals surface area (Å²) in [7, 11) is -3.79. The number of aryl methyl sites for hydroxylation is 1. The first-order chi connectivity index (χ1) is 9.90. The van der Waals surface area contributed by atoms with Gasteiger partial charge in [0.2, 0.25) is 10.0 Å². The van der Waals surface area contributed by atoms with E-state index in [4.69, 9.17) is 5.11 Å². The van der Waals surface area contributed by atoms with Gasteiger partial charge in [-0.1, -0.05) is 12.1 Å². The molecule has 0 aliphatic heterocycles. The van der Waals surface area contributed by atoms with Crippen LogP contribution < -0.4 is 4.72 Å². The maximum absolute atomic E-state index is 12.3. The van der Waals surface area contributed by atoms with E-state index in [1.165, 1.54) is 12.1 Å². The van der Waals surface area contributed by atoms with Gasteiger partial charge in [-0.2, -0.15) is 0 Å². The van der Waals surface area contributed by atoms with Gasteiger partial charge in [0.25, 0.3) is 0 Å². The van der Waals surface area contributed by atoms with E-state index in [2.05, 4.69) is 9.71 Å². The molecule has 0 unspecified atom stereocenters. The summed E-state index contributed by atoms with van der Waals surface area (Å²) in [6.07, 6.45) is 3.15. The van der Waals surface area contributed by atoms with E-state index in [1.807, 2.05) is 0 Å². The highest BCUT2D eigenvalue weighted by Crippen LogP contribution is 2.17. The third-order valence-corrected chi connectivity index (χ3v) is 4.46. The lowest BCUT2D eigenvalue weighted by molar-refractivity contribution is 0.0696. The van der Waals surface area contributed by atoms with Gasteiger partial charge in [-0.25, -0.2) is 17.9 Å². The molecule has 2 rings (SSSR count). The number of nitrogens with one attached hydrogen (secondary N) is 1. The number of pyridine rings is 1. The molecule has 0 saturated carbocycles. The maximum atomic E-state index is 12.3. The molecule has 0 radical (unpaired) electrons. The molecule has 0 fully saturated rings. The molecule has 0 spiro atoms. The summed E-state index contributed by atoms with van der Waals surface area (Å²) in [5, 5.41) is 8.95. The van der Waals surface area contributed by atoms with Crippen LogP contribution >= 0.6 is 0 Å². The summed E-state index contributed by atoms with van der Waals surface area (Å²) < 4.78 is 27.0. The molecule has 7 heteroatoms.